The van der Waals surface area contributed by atoms with E-state index < -0.39 is 6.35 Å². The largest absolute Gasteiger partial charge is 0.383 e. The smallest absolute Gasteiger partial charge is 0.261 e. The Hall–Kier alpha value is -4.39. The molecule has 5 N–H and O–H groups in total. The van der Waals surface area contributed by atoms with Gasteiger partial charge in [-0.15, -0.1) is 0 Å². The number of aromatic amines is 1. The summed E-state index contributed by atoms with van der Waals surface area (Å²) in [6.45, 7) is 8.18. The van der Waals surface area contributed by atoms with Gasteiger partial charge in [0.1, 0.15) is 23.4 Å². The van der Waals surface area contributed by atoms with Crippen molar-refractivity contribution < 1.29 is 9.63 Å². The third-order valence-electron chi connectivity index (χ3n) is 6.87. The van der Waals surface area contributed by atoms with E-state index >= 15 is 0 Å². The van der Waals surface area contributed by atoms with Crippen molar-refractivity contribution in [2.45, 2.75) is 65.0 Å². The molecule has 3 atom stereocenters. The fourth-order valence-electron chi connectivity index (χ4n) is 4.67. The number of hydrogen-bond donors (Lipinski definition) is 4. The molecule has 0 saturated carbocycles. The second kappa shape index (κ2) is 10.2. The van der Waals surface area contributed by atoms with Crippen LogP contribution in [0.2, 0.25) is 0 Å². The first-order valence-electron chi connectivity index (χ1n) is 12.6. The maximum absolute atomic E-state index is 12.8. The summed E-state index contributed by atoms with van der Waals surface area (Å²) in [6, 6.07) is 4.02. The second-order valence-electron chi connectivity index (χ2n) is 9.81. The Balaban J connectivity index is 1.30. The number of nitrogens with two attached hydrogens (primary N) is 1. The Morgan fingerprint density at radius 2 is 1.71 bits per heavy atom. The van der Waals surface area contributed by atoms with Crippen molar-refractivity contribution in [1.82, 2.24) is 39.3 Å². The molecule has 38 heavy (non-hydrogen) atoms. The first kappa shape index (κ1) is 25.3. The predicted octanol–water partition coefficient (Wildman–Crippen LogP) is 2.63. The van der Waals surface area contributed by atoms with Gasteiger partial charge in [0.15, 0.2) is 0 Å². The topological polar surface area (TPSA) is 161 Å². The molecule has 1 aliphatic rings. The molecule has 1 aliphatic heterocycles. The lowest BCUT2D eigenvalue weighted by Crippen LogP contribution is -2.53. The van der Waals surface area contributed by atoms with E-state index in [0.29, 0.717) is 16.9 Å². The first-order valence-corrected chi connectivity index (χ1v) is 12.6. The average Bonchev–Trinajstić information content (AvgIpc) is 3.51. The molecule has 0 fully saturated rings. The minimum absolute atomic E-state index is 0.0683. The summed E-state index contributed by atoms with van der Waals surface area (Å²) in [5, 5.41) is 4.05. The third-order valence-corrected chi connectivity index (χ3v) is 6.87. The fraction of sp³-hybridized carbons (Fsp3) is 0.400. The molecule has 200 valence electrons. The van der Waals surface area contributed by atoms with Crippen molar-refractivity contribution in [1.29, 1.82) is 0 Å². The SMILES string of the molecule is CC(C)N1C=CC(=O)NC1ONc1nc2c(ccn2C(C)CCC(C)n2ccc3c(N)ncnc32)c(=O)[nH]1. The van der Waals surface area contributed by atoms with Crippen LogP contribution >= 0.6 is 0 Å². The van der Waals surface area contributed by atoms with E-state index in [-0.39, 0.29) is 35.5 Å². The van der Waals surface area contributed by atoms with E-state index in [9.17, 15) is 9.59 Å². The Bertz CT molecular complexity index is 1550. The van der Waals surface area contributed by atoms with Crippen LogP contribution in [0, 0.1) is 0 Å². The number of rotatable bonds is 9. The molecule has 4 aromatic heterocycles. The molecule has 3 unspecified atom stereocenters. The summed E-state index contributed by atoms with van der Waals surface area (Å²) in [4.78, 5) is 47.8. The molecular weight excluding hydrogens is 488 g/mol. The number of nitrogens with zero attached hydrogens (tertiary/aromatic N) is 6. The molecule has 0 aromatic carbocycles. The number of carbonyl (C=O) groups is 1. The molecule has 13 heteroatoms. The lowest BCUT2D eigenvalue weighted by atomic mass is 10.1. The monoisotopic (exact) mass is 520 g/mol. The summed E-state index contributed by atoms with van der Waals surface area (Å²) >= 11 is 0. The quantitative estimate of drug-likeness (QED) is 0.243. The normalized spacial score (nSPS) is 17.3. The Kier molecular flexibility index (Phi) is 6.76. The summed E-state index contributed by atoms with van der Waals surface area (Å²) in [5.41, 5.74) is 9.75. The molecule has 0 saturated heterocycles. The third kappa shape index (κ3) is 4.79. The number of amides is 1. The standard InChI is InChI=1S/C25H32N10O3/c1-14(2)33-12-9-19(36)29-25(33)38-32-24-30-22-18(23(37)31-24)8-11-35(22)16(4)6-5-15(3)34-10-7-17-20(26)27-13-28-21(17)34/h7-16,25H,5-6H2,1-4H3,(H,29,36)(H2,26,27,28)(H2,30,31,32,37). The van der Waals surface area contributed by atoms with Gasteiger partial charge >= 0.3 is 0 Å². The lowest BCUT2D eigenvalue weighted by Gasteiger charge is -2.35. The zero-order valence-corrected chi connectivity index (χ0v) is 21.8. The van der Waals surface area contributed by atoms with Crippen molar-refractivity contribution in [3.05, 3.63) is 53.5 Å². The maximum Gasteiger partial charge on any atom is 0.261 e. The minimum Gasteiger partial charge on any atom is -0.383 e. The van der Waals surface area contributed by atoms with Gasteiger partial charge in [0.05, 0.1) is 10.8 Å². The summed E-state index contributed by atoms with van der Waals surface area (Å²) in [6.07, 6.45) is 9.39. The Labute approximate surface area is 218 Å². The summed E-state index contributed by atoms with van der Waals surface area (Å²) in [5.74, 6) is 0.343. The van der Waals surface area contributed by atoms with Gasteiger partial charge in [0, 0.05) is 42.8 Å². The van der Waals surface area contributed by atoms with E-state index in [1.807, 2.05) is 41.8 Å². The fourth-order valence-corrected chi connectivity index (χ4v) is 4.67. The maximum atomic E-state index is 12.8. The van der Waals surface area contributed by atoms with Gasteiger partial charge < -0.3 is 25.1 Å². The number of carbonyl (C=O) groups excluding carboxylic acids is 1. The summed E-state index contributed by atoms with van der Waals surface area (Å²) < 4.78 is 4.10. The van der Waals surface area contributed by atoms with Gasteiger partial charge in [-0.1, -0.05) is 0 Å². The number of anilines is 2. The zero-order chi connectivity index (χ0) is 27.0. The molecule has 5 rings (SSSR count). The van der Waals surface area contributed by atoms with Crippen molar-refractivity contribution in [3.63, 3.8) is 0 Å². The van der Waals surface area contributed by atoms with Crippen LogP contribution in [0.15, 0.2) is 47.9 Å². The van der Waals surface area contributed by atoms with Crippen LogP contribution in [0.5, 0.6) is 0 Å². The van der Waals surface area contributed by atoms with Crippen LogP contribution in [-0.4, -0.2) is 52.3 Å². The molecule has 4 aromatic rings. The number of hydrogen-bond acceptors (Lipinski definition) is 9. The highest BCUT2D eigenvalue weighted by Crippen LogP contribution is 2.27. The second-order valence-corrected chi connectivity index (χ2v) is 9.81. The number of H-pyrrole nitrogens is 1. The number of nitrogen functional groups attached to an aromatic ring is 1. The van der Waals surface area contributed by atoms with Gasteiger partial charge in [0.2, 0.25) is 18.2 Å². The minimum atomic E-state index is -0.758. The molecule has 0 bridgehead atoms. The van der Waals surface area contributed by atoms with Crippen molar-refractivity contribution in [2.24, 2.45) is 0 Å². The number of nitrogens with one attached hydrogen (secondary N) is 3. The molecule has 0 radical (unpaired) electrons. The lowest BCUT2D eigenvalue weighted by molar-refractivity contribution is -0.128. The Morgan fingerprint density at radius 3 is 2.42 bits per heavy atom. The van der Waals surface area contributed by atoms with E-state index in [1.54, 1.807) is 12.3 Å². The molecule has 1 amide bonds. The highest BCUT2D eigenvalue weighted by atomic mass is 16.7. The van der Waals surface area contributed by atoms with Crippen molar-refractivity contribution in [2.75, 3.05) is 11.2 Å². The van der Waals surface area contributed by atoms with E-state index in [2.05, 4.69) is 49.1 Å². The van der Waals surface area contributed by atoms with Crippen molar-refractivity contribution >= 4 is 39.7 Å². The van der Waals surface area contributed by atoms with Gasteiger partial charge in [-0.2, -0.15) is 4.98 Å². The van der Waals surface area contributed by atoms with Crippen LogP contribution in [0.4, 0.5) is 11.8 Å². The van der Waals surface area contributed by atoms with Gasteiger partial charge in [-0.3, -0.25) is 14.6 Å². The molecule has 0 spiro atoms. The number of aromatic nitrogens is 6. The van der Waals surface area contributed by atoms with Crippen molar-refractivity contribution in [3.8, 4) is 0 Å². The van der Waals surface area contributed by atoms with Crippen LogP contribution in [0.25, 0.3) is 22.1 Å². The highest BCUT2D eigenvalue weighted by molar-refractivity contribution is 5.88. The number of fused-ring (bicyclic) bond motifs is 2. The van der Waals surface area contributed by atoms with Crippen LogP contribution < -0.4 is 22.1 Å². The molecule has 0 aliphatic carbocycles. The first-order chi connectivity index (χ1) is 18.2. The predicted molar refractivity (Wildman–Crippen MR) is 144 cm³/mol. The molecular formula is C25H32N10O3. The van der Waals surface area contributed by atoms with Crippen LogP contribution in [0.1, 0.15) is 52.6 Å². The molecule has 13 nitrogen and oxygen atoms in total. The van der Waals surface area contributed by atoms with Gasteiger partial charge in [0.25, 0.3) is 5.56 Å². The van der Waals surface area contributed by atoms with E-state index in [1.165, 1.54) is 12.4 Å². The van der Waals surface area contributed by atoms with Crippen LogP contribution in [-0.2, 0) is 9.63 Å². The zero-order valence-electron chi connectivity index (χ0n) is 21.8. The van der Waals surface area contributed by atoms with E-state index in [0.717, 1.165) is 23.9 Å². The molecule has 5 heterocycles. The van der Waals surface area contributed by atoms with Gasteiger partial charge in [-0.05, 0) is 52.7 Å². The summed E-state index contributed by atoms with van der Waals surface area (Å²) in [7, 11) is 0. The average molecular weight is 521 g/mol. The van der Waals surface area contributed by atoms with Crippen LogP contribution in [0.3, 0.4) is 0 Å². The Morgan fingerprint density at radius 1 is 1.03 bits per heavy atom. The highest BCUT2D eigenvalue weighted by Gasteiger charge is 2.25. The van der Waals surface area contributed by atoms with Gasteiger partial charge in [-0.25, -0.2) is 20.3 Å². The van der Waals surface area contributed by atoms with E-state index in [4.69, 9.17) is 10.6 Å².